The van der Waals surface area contributed by atoms with Crippen LogP contribution in [0.25, 0.3) is 6.08 Å². The van der Waals surface area contributed by atoms with Gasteiger partial charge < -0.3 is 9.47 Å². The fourth-order valence-electron chi connectivity index (χ4n) is 3.11. The predicted molar refractivity (Wildman–Crippen MR) is 123 cm³/mol. The summed E-state index contributed by atoms with van der Waals surface area (Å²) in [6, 6.07) is 20.6. The van der Waals surface area contributed by atoms with Crippen molar-refractivity contribution in [3.8, 4) is 11.5 Å². The van der Waals surface area contributed by atoms with E-state index in [0.29, 0.717) is 32.9 Å². The molecule has 0 N–H and O–H groups in total. The number of amidine groups is 1. The fraction of sp³-hybridized carbons (Fsp3) is 0.0833. The number of benzene rings is 3. The molecule has 1 saturated heterocycles. The van der Waals surface area contributed by atoms with Gasteiger partial charge in [-0.3, -0.25) is 9.69 Å². The van der Waals surface area contributed by atoms with Gasteiger partial charge in [-0.1, -0.05) is 36.4 Å². The molecule has 156 valence electrons. The van der Waals surface area contributed by atoms with E-state index >= 15 is 0 Å². The SMILES string of the molecule is COc1ccccc1N=C1S/C(=C\c2ccc(F)cc2)C(=O)N1c1ccccc1OC. The zero-order valence-corrected chi connectivity index (χ0v) is 17.7. The van der Waals surface area contributed by atoms with Crippen molar-refractivity contribution >= 4 is 40.3 Å². The molecule has 0 saturated carbocycles. The van der Waals surface area contributed by atoms with Crippen LogP contribution in [0.5, 0.6) is 11.5 Å². The van der Waals surface area contributed by atoms with Gasteiger partial charge in [-0.15, -0.1) is 0 Å². The highest BCUT2D eigenvalue weighted by Gasteiger charge is 2.36. The molecule has 0 aliphatic carbocycles. The quantitative estimate of drug-likeness (QED) is 0.487. The first-order valence-corrected chi connectivity index (χ1v) is 10.3. The lowest BCUT2D eigenvalue weighted by Gasteiger charge is -2.18. The molecular formula is C24H19FN2O3S. The maximum atomic E-state index is 13.4. The van der Waals surface area contributed by atoms with E-state index in [1.807, 2.05) is 36.4 Å². The Balaban J connectivity index is 1.83. The van der Waals surface area contributed by atoms with Gasteiger partial charge in [-0.25, -0.2) is 9.38 Å². The third kappa shape index (κ3) is 4.32. The summed E-state index contributed by atoms with van der Waals surface area (Å²) in [4.78, 5) is 20.1. The highest BCUT2D eigenvalue weighted by atomic mass is 32.2. The maximum Gasteiger partial charge on any atom is 0.271 e. The Bertz CT molecular complexity index is 1180. The number of amides is 1. The van der Waals surface area contributed by atoms with E-state index in [4.69, 9.17) is 14.5 Å². The molecule has 1 aliphatic heterocycles. The van der Waals surface area contributed by atoms with Crippen LogP contribution in [0.3, 0.4) is 0 Å². The highest BCUT2D eigenvalue weighted by Crippen LogP contribution is 2.41. The lowest BCUT2D eigenvalue weighted by molar-refractivity contribution is -0.113. The zero-order chi connectivity index (χ0) is 21.8. The average molecular weight is 434 g/mol. The van der Waals surface area contributed by atoms with Crippen molar-refractivity contribution in [1.82, 2.24) is 0 Å². The number of carbonyl (C=O) groups excluding carboxylic acids is 1. The molecule has 31 heavy (non-hydrogen) atoms. The summed E-state index contributed by atoms with van der Waals surface area (Å²) in [5.41, 5.74) is 1.90. The number of thioether (sulfide) groups is 1. The number of hydrogen-bond acceptors (Lipinski definition) is 5. The number of halogens is 1. The molecule has 1 fully saturated rings. The first-order chi connectivity index (χ1) is 15.1. The van der Waals surface area contributed by atoms with Crippen LogP contribution in [0.1, 0.15) is 5.56 Å². The van der Waals surface area contributed by atoms with Crippen molar-refractivity contribution in [3.05, 3.63) is 89.1 Å². The summed E-state index contributed by atoms with van der Waals surface area (Å²) in [7, 11) is 3.13. The molecule has 0 spiro atoms. The van der Waals surface area contributed by atoms with E-state index in [2.05, 4.69) is 0 Å². The standard InChI is InChI=1S/C24H19FN2O3S/c1-29-20-9-5-3-7-18(20)26-24-27(19-8-4-6-10-21(19)30-2)23(28)22(31-24)15-16-11-13-17(25)14-12-16/h3-15H,1-2H3/b22-15-,26-24?. The molecule has 0 radical (unpaired) electrons. The monoisotopic (exact) mass is 434 g/mol. The molecule has 5 nitrogen and oxygen atoms in total. The van der Waals surface area contributed by atoms with E-state index in [1.54, 1.807) is 44.6 Å². The number of aliphatic imine (C=N–C) groups is 1. The van der Waals surface area contributed by atoms with E-state index in [1.165, 1.54) is 28.8 Å². The number of hydrogen-bond donors (Lipinski definition) is 0. The van der Waals surface area contributed by atoms with Crippen molar-refractivity contribution in [2.75, 3.05) is 19.1 Å². The summed E-state index contributed by atoms with van der Waals surface area (Å²) < 4.78 is 24.2. The molecule has 7 heteroatoms. The second-order valence-electron chi connectivity index (χ2n) is 6.54. The lowest BCUT2D eigenvalue weighted by atomic mass is 10.2. The number of para-hydroxylation sites is 4. The second-order valence-corrected chi connectivity index (χ2v) is 7.55. The smallest absolute Gasteiger partial charge is 0.271 e. The van der Waals surface area contributed by atoms with Crippen LogP contribution in [0.4, 0.5) is 15.8 Å². The Morgan fingerprint density at radius 1 is 0.903 bits per heavy atom. The molecule has 3 aromatic carbocycles. The molecule has 0 unspecified atom stereocenters. The largest absolute Gasteiger partial charge is 0.495 e. The minimum atomic E-state index is -0.332. The minimum absolute atomic E-state index is 0.243. The third-order valence-electron chi connectivity index (χ3n) is 4.60. The summed E-state index contributed by atoms with van der Waals surface area (Å²) in [5.74, 6) is 0.570. The van der Waals surface area contributed by atoms with Gasteiger partial charge in [-0.2, -0.15) is 0 Å². The Kier molecular flexibility index (Phi) is 6.04. The summed E-state index contributed by atoms with van der Waals surface area (Å²) in [5, 5.41) is 0.465. The van der Waals surface area contributed by atoms with Gasteiger partial charge in [0.25, 0.3) is 5.91 Å². The van der Waals surface area contributed by atoms with Gasteiger partial charge in [0.2, 0.25) is 0 Å². The van der Waals surface area contributed by atoms with Gasteiger partial charge in [0.1, 0.15) is 23.0 Å². The molecule has 0 bridgehead atoms. The zero-order valence-electron chi connectivity index (χ0n) is 16.9. The van der Waals surface area contributed by atoms with Crippen molar-refractivity contribution in [1.29, 1.82) is 0 Å². The van der Waals surface area contributed by atoms with Gasteiger partial charge in [0, 0.05) is 0 Å². The average Bonchev–Trinajstić information content (AvgIpc) is 3.10. The Morgan fingerprint density at radius 3 is 2.26 bits per heavy atom. The number of rotatable bonds is 5. The normalized spacial score (nSPS) is 16.2. The van der Waals surface area contributed by atoms with Crippen LogP contribution in [-0.2, 0) is 4.79 Å². The number of carbonyl (C=O) groups is 1. The minimum Gasteiger partial charge on any atom is -0.495 e. The second kappa shape index (κ2) is 9.06. The van der Waals surface area contributed by atoms with E-state index in [0.717, 1.165) is 5.56 Å². The first-order valence-electron chi connectivity index (χ1n) is 9.45. The van der Waals surface area contributed by atoms with Crippen molar-refractivity contribution in [2.45, 2.75) is 0 Å². The number of anilines is 1. The molecule has 3 aromatic rings. The van der Waals surface area contributed by atoms with Gasteiger partial charge in [-0.05, 0) is 59.8 Å². The topological polar surface area (TPSA) is 51.1 Å². The summed E-state index contributed by atoms with van der Waals surface area (Å²) in [6.45, 7) is 0. The van der Waals surface area contributed by atoms with E-state index in [-0.39, 0.29) is 11.7 Å². The predicted octanol–water partition coefficient (Wildman–Crippen LogP) is 5.65. The molecule has 0 atom stereocenters. The number of ether oxygens (including phenoxy) is 2. The van der Waals surface area contributed by atoms with Crippen LogP contribution >= 0.6 is 11.8 Å². The summed E-state index contributed by atoms with van der Waals surface area (Å²) in [6.07, 6.45) is 1.72. The molecule has 4 rings (SSSR count). The summed E-state index contributed by atoms with van der Waals surface area (Å²) >= 11 is 1.24. The maximum absolute atomic E-state index is 13.4. The van der Waals surface area contributed by atoms with Crippen molar-refractivity contribution in [2.24, 2.45) is 4.99 Å². The number of nitrogens with zero attached hydrogens (tertiary/aromatic N) is 2. The lowest BCUT2D eigenvalue weighted by Crippen LogP contribution is -2.29. The molecular weight excluding hydrogens is 415 g/mol. The number of methoxy groups -OCH3 is 2. The van der Waals surface area contributed by atoms with E-state index < -0.39 is 0 Å². The van der Waals surface area contributed by atoms with Crippen LogP contribution in [0, 0.1) is 5.82 Å². The van der Waals surface area contributed by atoms with Gasteiger partial charge >= 0.3 is 0 Å². The van der Waals surface area contributed by atoms with Crippen LogP contribution in [-0.4, -0.2) is 25.3 Å². The Hall–Kier alpha value is -3.58. The van der Waals surface area contributed by atoms with Gasteiger partial charge in [0.15, 0.2) is 5.17 Å². The van der Waals surface area contributed by atoms with Crippen LogP contribution in [0.2, 0.25) is 0 Å². The van der Waals surface area contributed by atoms with Crippen LogP contribution < -0.4 is 14.4 Å². The van der Waals surface area contributed by atoms with Crippen molar-refractivity contribution in [3.63, 3.8) is 0 Å². The molecule has 1 amide bonds. The van der Waals surface area contributed by atoms with Gasteiger partial charge in [0.05, 0.1) is 24.8 Å². The Morgan fingerprint density at radius 2 is 1.55 bits per heavy atom. The third-order valence-corrected chi connectivity index (χ3v) is 5.57. The fourth-order valence-corrected chi connectivity index (χ4v) is 4.10. The Labute approximate surface area is 183 Å². The van der Waals surface area contributed by atoms with E-state index in [9.17, 15) is 9.18 Å². The highest BCUT2D eigenvalue weighted by molar-refractivity contribution is 8.19. The first kappa shape index (κ1) is 20.7. The molecule has 1 aliphatic rings. The van der Waals surface area contributed by atoms with Crippen molar-refractivity contribution < 1.29 is 18.7 Å². The molecule has 1 heterocycles. The van der Waals surface area contributed by atoms with Crippen LogP contribution in [0.15, 0.2) is 82.7 Å². The molecule has 0 aromatic heterocycles.